The largest absolute Gasteiger partial charge is 0.469 e. The van der Waals surface area contributed by atoms with E-state index in [9.17, 15) is 19.2 Å². The van der Waals surface area contributed by atoms with Crippen molar-refractivity contribution in [2.75, 3.05) is 20.2 Å². The highest BCUT2D eigenvalue weighted by atomic mass is 16.5. The lowest BCUT2D eigenvalue weighted by atomic mass is 9.99. The number of methoxy groups -OCH3 is 1. The van der Waals surface area contributed by atoms with Gasteiger partial charge in [0, 0.05) is 6.54 Å². The summed E-state index contributed by atoms with van der Waals surface area (Å²) in [6, 6.07) is -0.581. The number of amides is 4. The van der Waals surface area contributed by atoms with Crippen LogP contribution in [0.15, 0.2) is 0 Å². The second kappa shape index (κ2) is 6.36. The number of nitrogens with one attached hydrogen (secondary N) is 2. The van der Waals surface area contributed by atoms with E-state index in [2.05, 4.69) is 15.4 Å². The average Bonchev–Trinajstić information content (AvgIpc) is 2.63. The molecule has 1 aliphatic rings. The molecule has 0 aromatic carbocycles. The number of hydrogen-bond donors (Lipinski definition) is 2. The second-order valence-corrected chi connectivity index (χ2v) is 4.68. The predicted octanol–water partition coefficient (Wildman–Crippen LogP) is -0.614. The maximum absolute atomic E-state index is 12.0. The van der Waals surface area contributed by atoms with Gasteiger partial charge in [0.25, 0.3) is 5.91 Å². The number of rotatable bonds is 6. The quantitative estimate of drug-likeness (QED) is 0.500. The van der Waals surface area contributed by atoms with Crippen LogP contribution in [0.3, 0.4) is 0 Å². The molecule has 4 amide bonds. The summed E-state index contributed by atoms with van der Waals surface area (Å²) in [4.78, 5) is 47.0. The molecule has 1 aliphatic heterocycles. The van der Waals surface area contributed by atoms with Gasteiger partial charge in [0.15, 0.2) is 0 Å². The fourth-order valence-electron chi connectivity index (χ4n) is 1.74. The number of carbonyl (C=O) groups is 4. The van der Waals surface area contributed by atoms with Gasteiger partial charge in [-0.25, -0.2) is 4.79 Å². The zero-order chi connectivity index (χ0) is 15.3. The Kier molecular flexibility index (Phi) is 5.06. The van der Waals surface area contributed by atoms with Crippen molar-refractivity contribution >= 4 is 23.8 Å². The van der Waals surface area contributed by atoms with Crippen LogP contribution in [0.5, 0.6) is 0 Å². The first-order chi connectivity index (χ1) is 9.34. The van der Waals surface area contributed by atoms with Gasteiger partial charge in [0.05, 0.1) is 13.5 Å². The van der Waals surface area contributed by atoms with Crippen LogP contribution in [0.4, 0.5) is 4.79 Å². The van der Waals surface area contributed by atoms with Gasteiger partial charge in [-0.2, -0.15) is 0 Å². The van der Waals surface area contributed by atoms with E-state index in [0.29, 0.717) is 6.42 Å². The third kappa shape index (κ3) is 3.46. The summed E-state index contributed by atoms with van der Waals surface area (Å²) in [6.07, 6.45) is 0.479. The smallest absolute Gasteiger partial charge is 0.325 e. The van der Waals surface area contributed by atoms with E-state index in [1.807, 2.05) is 0 Å². The van der Waals surface area contributed by atoms with Crippen molar-refractivity contribution < 1.29 is 23.9 Å². The van der Waals surface area contributed by atoms with Crippen LogP contribution in [0.2, 0.25) is 0 Å². The predicted molar refractivity (Wildman–Crippen MR) is 68.6 cm³/mol. The molecule has 0 radical (unpaired) electrons. The molecular weight excluding hydrogens is 266 g/mol. The van der Waals surface area contributed by atoms with Crippen molar-refractivity contribution in [2.24, 2.45) is 0 Å². The van der Waals surface area contributed by atoms with Gasteiger partial charge in [-0.1, -0.05) is 6.92 Å². The topological polar surface area (TPSA) is 105 Å². The van der Waals surface area contributed by atoms with Crippen LogP contribution >= 0.6 is 0 Å². The summed E-state index contributed by atoms with van der Waals surface area (Å²) < 4.78 is 4.42. The first kappa shape index (κ1) is 15.9. The molecule has 8 nitrogen and oxygen atoms in total. The molecule has 0 spiro atoms. The molecule has 112 valence electrons. The Morgan fingerprint density at radius 3 is 2.55 bits per heavy atom. The van der Waals surface area contributed by atoms with Crippen LogP contribution in [0, 0.1) is 0 Å². The summed E-state index contributed by atoms with van der Waals surface area (Å²) in [5, 5.41) is 5.00. The fourth-order valence-corrected chi connectivity index (χ4v) is 1.74. The number of imide groups is 1. The van der Waals surface area contributed by atoms with Crippen LogP contribution in [-0.2, 0) is 19.1 Å². The van der Waals surface area contributed by atoms with Gasteiger partial charge < -0.3 is 15.4 Å². The maximum Gasteiger partial charge on any atom is 0.325 e. The van der Waals surface area contributed by atoms with E-state index < -0.39 is 29.4 Å². The summed E-state index contributed by atoms with van der Waals surface area (Å²) in [5.41, 5.74) is -0.955. The Hall–Kier alpha value is -2.12. The number of nitrogens with zero attached hydrogens (tertiary/aromatic N) is 1. The Balaban J connectivity index is 2.48. The number of carbonyl (C=O) groups excluding carboxylic acids is 4. The second-order valence-electron chi connectivity index (χ2n) is 4.68. The van der Waals surface area contributed by atoms with Crippen molar-refractivity contribution in [1.29, 1.82) is 0 Å². The molecule has 1 atom stereocenters. The number of urea groups is 1. The molecule has 8 heteroatoms. The maximum atomic E-state index is 12.0. The van der Waals surface area contributed by atoms with Gasteiger partial charge in [0.2, 0.25) is 5.91 Å². The zero-order valence-electron chi connectivity index (χ0n) is 11.8. The molecule has 0 bridgehead atoms. The van der Waals surface area contributed by atoms with Crippen LogP contribution < -0.4 is 10.6 Å². The third-order valence-electron chi connectivity index (χ3n) is 3.23. The SMILES string of the molecule is CCC1(C)NC(=O)N(CC(=O)NCCC(=O)OC)C1=O. The van der Waals surface area contributed by atoms with E-state index in [0.717, 1.165) is 4.90 Å². The first-order valence-electron chi connectivity index (χ1n) is 6.31. The minimum Gasteiger partial charge on any atom is -0.469 e. The number of ether oxygens (including phenoxy) is 1. The summed E-state index contributed by atoms with van der Waals surface area (Å²) in [6.45, 7) is 3.13. The van der Waals surface area contributed by atoms with Crippen LogP contribution in [0.1, 0.15) is 26.7 Å². The van der Waals surface area contributed by atoms with Crippen molar-refractivity contribution in [3.63, 3.8) is 0 Å². The fraction of sp³-hybridized carbons (Fsp3) is 0.667. The van der Waals surface area contributed by atoms with Gasteiger partial charge >= 0.3 is 12.0 Å². The van der Waals surface area contributed by atoms with Crippen molar-refractivity contribution in [3.05, 3.63) is 0 Å². The summed E-state index contributed by atoms with van der Waals surface area (Å²) >= 11 is 0. The Morgan fingerprint density at radius 2 is 2.05 bits per heavy atom. The highest BCUT2D eigenvalue weighted by Crippen LogP contribution is 2.20. The van der Waals surface area contributed by atoms with Crippen LogP contribution in [-0.4, -0.2) is 54.5 Å². The minimum absolute atomic E-state index is 0.0368. The van der Waals surface area contributed by atoms with E-state index in [1.165, 1.54) is 7.11 Å². The van der Waals surface area contributed by atoms with Crippen molar-refractivity contribution in [3.8, 4) is 0 Å². The molecule has 1 saturated heterocycles. The molecule has 1 rings (SSSR count). The van der Waals surface area contributed by atoms with Crippen molar-refractivity contribution in [2.45, 2.75) is 32.2 Å². The standard InChI is InChI=1S/C12H19N3O5/c1-4-12(2)10(18)15(11(19)14-12)7-8(16)13-6-5-9(17)20-3/h4-7H2,1-3H3,(H,13,16)(H,14,19). The molecule has 1 fully saturated rings. The highest BCUT2D eigenvalue weighted by Gasteiger charge is 2.46. The monoisotopic (exact) mass is 285 g/mol. The molecular formula is C12H19N3O5. The molecule has 0 aromatic heterocycles. The molecule has 1 unspecified atom stereocenters. The van der Waals surface area contributed by atoms with Gasteiger partial charge in [-0.3, -0.25) is 19.3 Å². The molecule has 20 heavy (non-hydrogen) atoms. The lowest BCUT2D eigenvalue weighted by Crippen LogP contribution is -2.44. The third-order valence-corrected chi connectivity index (χ3v) is 3.23. The van der Waals surface area contributed by atoms with Crippen molar-refractivity contribution in [1.82, 2.24) is 15.5 Å². The van der Waals surface area contributed by atoms with E-state index in [4.69, 9.17) is 0 Å². The minimum atomic E-state index is -0.955. The summed E-state index contributed by atoms with van der Waals surface area (Å²) in [7, 11) is 1.25. The van der Waals surface area contributed by atoms with E-state index in [-0.39, 0.29) is 19.5 Å². The summed E-state index contributed by atoms with van der Waals surface area (Å²) in [5.74, 6) is -1.37. The lowest BCUT2D eigenvalue weighted by Gasteiger charge is -2.19. The van der Waals surface area contributed by atoms with Gasteiger partial charge in [-0.15, -0.1) is 0 Å². The normalized spacial score (nSPS) is 21.6. The highest BCUT2D eigenvalue weighted by molar-refractivity contribution is 6.08. The number of esters is 1. The lowest BCUT2D eigenvalue weighted by molar-refractivity contribution is -0.140. The van der Waals surface area contributed by atoms with Gasteiger partial charge in [0.1, 0.15) is 12.1 Å². The van der Waals surface area contributed by atoms with Gasteiger partial charge in [-0.05, 0) is 13.3 Å². The molecule has 0 saturated carbocycles. The molecule has 0 aliphatic carbocycles. The van der Waals surface area contributed by atoms with Crippen LogP contribution in [0.25, 0.3) is 0 Å². The Labute approximate surface area is 116 Å². The zero-order valence-corrected chi connectivity index (χ0v) is 11.8. The van der Waals surface area contributed by atoms with E-state index >= 15 is 0 Å². The number of hydrogen-bond acceptors (Lipinski definition) is 5. The molecule has 1 heterocycles. The molecule has 2 N–H and O–H groups in total. The molecule has 0 aromatic rings. The Bertz CT molecular complexity index is 437. The average molecular weight is 285 g/mol. The Morgan fingerprint density at radius 1 is 1.40 bits per heavy atom. The van der Waals surface area contributed by atoms with E-state index in [1.54, 1.807) is 13.8 Å². The first-order valence-corrected chi connectivity index (χ1v) is 6.31.